The molecule has 0 spiro atoms. The molecule has 3 heterocycles. The molecule has 2 aliphatic heterocycles. The van der Waals surface area contributed by atoms with Crippen molar-refractivity contribution in [2.24, 2.45) is 0 Å². The average molecular weight is 456 g/mol. The molecule has 0 saturated carbocycles. The van der Waals surface area contributed by atoms with Gasteiger partial charge >= 0.3 is 0 Å². The molecular weight excluding hydrogens is 418 g/mol. The number of likely N-dealkylation sites (tertiary alicyclic amines) is 1. The summed E-state index contributed by atoms with van der Waals surface area (Å²) in [4.78, 5) is 19.3. The first-order chi connectivity index (χ1) is 14.8. The summed E-state index contributed by atoms with van der Waals surface area (Å²) in [5.41, 5.74) is 0. The van der Waals surface area contributed by atoms with Crippen molar-refractivity contribution in [1.29, 1.82) is 0 Å². The van der Waals surface area contributed by atoms with Crippen LogP contribution in [0, 0.1) is 0 Å². The summed E-state index contributed by atoms with van der Waals surface area (Å²) < 4.78 is 13.2. The zero-order valence-corrected chi connectivity index (χ0v) is 19.9. The third-order valence-corrected chi connectivity index (χ3v) is 8.91. The number of ether oxygens (including phenoxy) is 2. The second-order valence-corrected chi connectivity index (χ2v) is 10.8. The molecule has 30 heavy (non-hydrogen) atoms. The summed E-state index contributed by atoms with van der Waals surface area (Å²) >= 11 is 0. The first-order valence-electron chi connectivity index (χ1n) is 11.5. The standard InChI is InChI=1S/C22H37N3O3S2/c1-2-27-16-17-28-15-14-25-13-10-23-22(25)19-7-11-24(12-8-19)21(26)6-4-3-5-20-9-18-29-30-20/h10,13,19-20H,2-9,11-12,14-18H2,1H3. The normalized spacial score (nSPS) is 20.2. The van der Waals surface area contributed by atoms with Crippen LogP contribution in [0.25, 0.3) is 0 Å². The van der Waals surface area contributed by atoms with Crippen LogP contribution in [-0.2, 0) is 20.8 Å². The van der Waals surface area contributed by atoms with Crippen molar-refractivity contribution in [3.05, 3.63) is 18.2 Å². The van der Waals surface area contributed by atoms with Crippen LogP contribution in [0.15, 0.2) is 12.4 Å². The Morgan fingerprint density at radius 1 is 1.17 bits per heavy atom. The molecule has 1 aromatic rings. The van der Waals surface area contributed by atoms with E-state index in [0.29, 0.717) is 38.1 Å². The maximum Gasteiger partial charge on any atom is 0.222 e. The molecule has 0 aliphatic carbocycles. The van der Waals surface area contributed by atoms with Gasteiger partial charge in [-0.1, -0.05) is 28.0 Å². The minimum atomic E-state index is 0.341. The molecule has 1 amide bonds. The van der Waals surface area contributed by atoms with Crippen molar-refractivity contribution < 1.29 is 14.3 Å². The minimum absolute atomic E-state index is 0.341. The first kappa shape index (κ1) is 24.0. The van der Waals surface area contributed by atoms with Gasteiger partial charge < -0.3 is 18.9 Å². The Morgan fingerprint density at radius 3 is 2.77 bits per heavy atom. The zero-order valence-electron chi connectivity index (χ0n) is 18.3. The molecule has 0 N–H and O–H groups in total. The van der Waals surface area contributed by atoms with E-state index in [1.54, 1.807) is 0 Å². The van der Waals surface area contributed by atoms with Crippen LogP contribution in [0.3, 0.4) is 0 Å². The van der Waals surface area contributed by atoms with Gasteiger partial charge in [0.05, 0.1) is 19.8 Å². The Bertz CT molecular complexity index is 615. The molecule has 1 atom stereocenters. The molecule has 1 aromatic heterocycles. The third kappa shape index (κ3) is 7.77. The lowest BCUT2D eigenvalue weighted by molar-refractivity contribution is -0.132. The van der Waals surface area contributed by atoms with Gasteiger partial charge in [0.15, 0.2) is 0 Å². The summed E-state index contributed by atoms with van der Waals surface area (Å²) in [5.74, 6) is 3.21. The average Bonchev–Trinajstić information content (AvgIpc) is 3.46. The van der Waals surface area contributed by atoms with Gasteiger partial charge in [-0.3, -0.25) is 4.79 Å². The number of nitrogens with zero attached hydrogens (tertiary/aromatic N) is 3. The molecule has 170 valence electrons. The second-order valence-electron chi connectivity index (χ2n) is 8.02. The third-order valence-electron chi connectivity index (χ3n) is 5.91. The van der Waals surface area contributed by atoms with Crippen LogP contribution < -0.4 is 0 Å². The summed E-state index contributed by atoms with van der Waals surface area (Å²) in [6.07, 6.45) is 11.5. The lowest BCUT2D eigenvalue weighted by Crippen LogP contribution is -2.38. The zero-order chi connectivity index (χ0) is 21.0. The van der Waals surface area contributed by atoms with E-state index in [-0.39, 0.29) is 0 Å². The van der Waals surface area contributed by atoms with Gasteiger partial charge in [0, 0.05) is 62.0 Å². The van der Waals surface area contributed by atoms with Crippen molar-refractivity contribution in [2.75, 3.05) is 45.3 Å². The first-order valence-corrected chi connectivity index (χ1v) is 13.9. The molecule has 3 rings (SSSR count). The lowest BCUT2D eigenvalue weighted by Gasteiger charge is -2.32. The van der Waals surface area contributed by atoms with Crippen LogP contribution in [0.2, 0.25) is 0 Å². The number of piperidine rings is 1. The predicted molar refractivity (Wildman–Crippen MR) is 125 cm³/mol. The van der Waals surface area contributed by atoms with E-state index in [0.717, 1.165) is 56.6 Å². The monoisotopic (exact) mass is 455 g/mol. The Hall–Kier alpha value is -0.700. The quantitative estimate of drug-likeness (QED) is 0.325. The highest BCUT2D eigenvalue weighted by molar-refractivity contribution is 8.77. The van der Waals surface area contributed by atoms with E-state index < -0.39 is 0 Å². The van der Waals surface area contributed by atoms with E-state index in [1.807, 2.05) is 40.9 Å². The predicted octanol–water partition coefficient (Wildman–Crippen LogP) is 4.36. The molecule has 0 bridgehead atoms. The fourth-order valence-corrected chi connectivity index (χ4v) is 7.18. The van der Waals surface area contributed by atoms with E-state index >= 15 is 0 Å². The van der Waals surface area contributed by atoms with E-state index in [9.17, 15) is 4.79 Å². The van der Waals surface area contributed by atoms with Gasteiger partial charge in [0.2, 0.25) is 5.91 Å². The largest absolute Gasteiger partial charge is 0.379 e. The van der Waals surface area contributed by atoms with Gasteiger partial charge in [0.1, 0.15) is 5.82 Å². The molecule has 2 saturated heterocycles. The fraction of sp³-hybridized carbons (Fsp3) is 0.818. The summed E-state index contributed by atoms with van der Waals surface area (Å²) in [7, 11) is 4.04. The highest BCUT2D eigenvalue weighted by Gasteiger charge is 2.26. The van der Waals surface area contributed by atoms with Gasteiger partial charge in [-0.05, 0) is 39.0 Å². The maximum atomic E-state index is 12.6. The van der Waals surface area contributed by atoms with Crippen molar-refractivity contribution in [3.63, 3.8) is 0 Å². The number of carbonyl (C=O) groups is 1. The van der Waals surface area contributed by atoms with Crippen molar-refractivity contribution in [3.8, 4) is 0 Å². The number of hydrogen-bond donors (Lipinski definition) is 0. The van der Waals surface area contributed by atoms with Crippen molar-refractivity contribution in [2.45, 2.75) is 69.6 Å². The molecule has 8 heteroatoms. The Balaban J connectivity index is 1.32. The van der Waals surface area contributed by atoms with Crippen LogP contribution in [0.1, 0.15) is 63.6 Å². The van der Waals surface area contributed by atoms with E-state index in [1.165, 1.54) is 25.0 Å². The SMILES string of the molecule is CCOCCOCCn1ccnc1C1CCN(C(=O)CCCCC2CCSS2)CC1. The number of unbranched alkanes of at least 4 members (excludes halogenated alkanes) is 1. The Morgan fingerprint density at radius 2 is 2.00 bits per heavy atom. The molecule has 2 aliphatic rings. The van der Waals surface area contributed by atoms with Gasteiger partial charge in [0.25, 0.3) is 0 Å². The molecule has 0 radical (unpaired) electrons. The highest BCUT2D eigenvalue weighted by atomic mass is 33.1. The topological polar surface area (TPSA) is 56.6 Å². The van der Waals surface area contributed by atoms with Crippen LogP contribution in [0.5, 0.6) is 0 Å². The maximum absolute atomic E-state index is 12.6. The number of imidazole rings is 1. The summed E-state index contributed by atoms with van der Waals surface area (Å²) in [6.45, 7) is 7.22. The number of hydrogen-bond acceptors (Lipinski definition) is 6. The number of rotatable bonds is 13. The highest BCUT2D eigenvalue weighted by Crippen LogP contribution is 2.40. The summed E-state index contributed by atoms with van der Waals surface area (Å²) in [6, 6.07) is 0. The molecular formula is C22H37N3O3S2. The fourth-order valence-electron chi connectivity index (χ4n) is 4.15. The number of amides is 1. The van der Waals surface area contributed by atoms with Crippen molar-refractivity contribution in [1.82, 2.24) is 14.5 Å². The van der Waals surface area contributed by atoms with Crippen LogP contribution >= 0.6 is 21.6 Å². The summed E-state index contributed by atoms with van der Waals surface area (Å²) in [5, 5.41) is 0.819. The lowest BCUT2D eigenvalue weighted by atomic mass is 9.95. The molecule has 6 nitrogen and oxygen atoms in total. The van der Waals surface area contributed by atoms with Crippen molar-refractivity contribution >= 4 is 27.5 Å². The van der Waals surface area contributed by atoms with Crippen LogP contribution in [0.4, 0.5) is 0 Å². The van der Waals surface area contributed by atoms with Gasteiger partial charge in [-0.2, -0.15) is 0 Å². The van der Waals surface area contributed by atoms with E-state index in [4.69, 9.17) is 9.47 Å². The number of aromatic nitrogens is 2. The van der Waals surface area contributed by atoms with Crippen LogP contribution in [-0.4, -0.2) is 70.9 Å². The Labute approximate surface area is 189 Å². The van der Waals surface area contributed by atoms with E-state index in [2.05, 4.69) is 14.5 Å². The molecule has 1 unspecified atom stereocenters. The molecule has 2 fully saturated rings. The smallest absolute Gasteiger partial charge is 0.222 e. The minimum Gasteiger partial charge on any atom is -0.379 e. The van der Waals surface area contributed by atoms with Gasteiger partial charge in [-0.25, -0.2) is 4.98 Å². The Kier molecular flexibility index (Phi) is 10.9. The number of carbonyl (C=O) groups excluding carboxylic acids is 1. The molecule has 0 aromatic carbocycles. The van der Waals surface area contributed by atoms with Gasteiger partial charge in [-0.15, -0.1) is 0 Å². The second kappa shape index (κ2) is 13.7.